The first kappa shape index (κ1) is 102. The van der Waals surface area contributed by atoms with Gasteiger partial charge in [0.15, 0.2) is 0 Å². The molecular weight excluding hydrogens is 1850 g/mol. The van der Waals surface area contributed by atoms with E-state index in [2.05, 4.69) is 0 Å². The summed E-state index contributed by atoms with van der Waals surface area (Å²) in [5, 5.41) is 39.1. The van der Waals surface area contributed by atoms with Crippen LogP contribution in [0.1, 0.15) is 159 Å². The molecule has 0 amide bonds. The third-order valence-corrected chi connectivity index (χ3v) is 29.1. The van der Waals surface area contributed by atoms with Gasteiger partial charge < -0.3 is 29.5 Å². The Morgan fingerprint density at radius 2 is 0.654 bits per heavy atom. The number of carboxylic acid groups (broad SMARTS) is 3. The van der Waals surface area contributed by atoms with E-state index in [4.69, 9.17) is 65.9 Å². The van der Waals surface area contributed by atoms with Crippen molar-refractivity contribution in [2.24, 2.45) is 0 Å². The molecule has 0 saturated heterocycles. The van der Waals surface area contributed by atoms with E-state index in [9.17, 15) is 85.3 Å². The molecule has 130 heavy (non-hydrogen) atoms. The molecule has 0 aliphatic carbocycles. The van der Waals surface area contributed by atoms with Crippen molar-refractivity contribution >= 4 is 104 Å². The number of aromatic carboxylic acids is 3. The number of carbonyl (C=O) groups is 3. The number of nitrogens with zero attached hydrogens (tertiary/aromatic N) is 5. The molecule has 3 N–H and O–H groups in total. The van der Waals surface area contributed by atoms with Crippen LogP contribution < -0.4 is 14.2 Å². The number of methoxy groups -OCH3 is 3. The Balaban J connectivity index is 0.000000196. The largest absolute Gasteiger partial charge is 0.496 e. The average molecular weight is 1940 g/mol. The van der Waals surface area contributed by atoms with Gasteiger partial charge in [0.2, 0.25) is 40.1 Å². The molecule has 35 heteroatoms. The standard InChI is InChI=1S/2C24H22ClF2NO5S.C24H24ClNO5S.C23H20ClFN2O2S/c1-3-22(19-10-7-17(26)13-21(19)27)28(34(31,32)18-8-5-16(25)6-9-18)14-15-4-11-23(33-2)20(12-15)24(29)30;1-3-22(16-11-18(26)13-19(27)12-16)28(34(31,32)20-7-5-17(25)6-8-20)14-15-4-9-23(33-2)21(10-15)24(29)30;1-3-22(18-7-5-4-6-8-18)26(32(29,30)20-12-10-19(25)11-13-20)16-17-9-14-23(31-2)21(15-17)24(27)28;1-2-23(18-6-4-3-5-7-18)27(16-19-9-8-17(15-26)14-22(19)25)30(28,29)21-12-10-20(24)11-13-21/h2*4-13,22H,3,14H2,1-2H3,(H,29,30);4-15,22H,3,16H2,1-2H3,(H,27,28);3-14,23H,2,16H2,1H3. The molecule has 0 bridgehead atoms. The topological polar surface area (TPSA) is 313 Å². The lowest BCUT2D eigenvalue weighted by Gasteiger charge is -2.31. The molecule has 0 spiro atoms. The van der Waals surface area contributed by atoms with Crippen LogP contribution in [-0.2, 0) is 66.3 Å². The lowest BCUT2D eigenvalue weighted by Crippen LogP contribution is -2.35. The number of sulfonamides is 4. The first-order valence-electron chi connectivity index (χ1n) is 39.8. The summed E-state index contributed by atoms with van der Waals surface area (Å²) in [6.07, 6.45) is 1.38. The highest BCUT2D eigenvalue weighted by atomic mass is 35.5. The van der Waals surface area contributed by atoms with E-state index in [1.165, 1.54) is 194 Å². The summed E-state index contributed by atoms with van der Waals surface area (Å²) in [6.45, 7) is 6.45. The maximum Gasteiger partial charge on any atom is 0.339 e. The van der Waals surface area contributed by atoms with Gasteiger partial charge in [0.1, 0.15) is 63.0 Å². The van der Waals surface area contributed by atoms with Gasteiger partial charge in [0.05, 0.1) is 76.7 Å². The number of hydrogen-bond acceptors (Lipinski definition) is 15. The van der Waals surface area contributed by atoms with Crippen molar-refractivity contribution in [3.05, 3.63) is 383 Å². The van der Waals surface area contributed by atoms with Gasteiger partial charge in [0, 0.05) is 69.5 Å². The van der Waals surface area contributed by atoms with E-state index in [0.29, 0.717) is 61.8 Å². The van der Waals surface area contributed by atoms with Crippen molar-refractivity contribution in [2.75, 3.05) is 21.3 Å². The predicted molar refractivity (Wildman–Crippen MR) is 485 cm³/mol. The molecule has 12 aromatic carbocycles. The van der Waals surface area contributed by atoms with Gasteiger partial charge in [-0.15, -0.1) is 0 Å². The van der Waals surface area contributed by atoms with E-state index in [1.54, 1.807) is 19.9 Å². The Morgan fingerprint density at radius 3 is 0.938 bits per heavy atom. The Bertz CT molecular complexity index is 6490. The maximum atomic E-state index is 14.7. The van der Waals surface area contributed by atoms with Gasteiger partial charge in [-0.1, -0.05) is 165 Å². The van der Waals surface area contributed by atoms with Crippen molar-refractivity contribution in [3.63, 3.8) is 0 Å². The number of halogens is 9. The minimum absolute atomic E-state index is 0.00610. The van der Waals surface area contributed by atoms with Crippen LogP contribution in [0.3, 0.4) is 0 Å². The Morgan fingerprint density at radius 1 is 0.346 bits per heavy atom. The zero-order valence-electron chi connectivity index (χ0n) is 70.7. The summed E-state index contributed by atoms with van der Waals surface area (Å²) in [5.74, 6) is -7.17. The van der Waals surface area contributed by atoms with E-state index >= 15 is 0 Å². The second kappa shape index (κ2) is 46.3. The fourth-order valence-corrected chi connectivity index (χ4v) is 21.4. The summed E-state index contributed by atoms with van der Waals surface area (Å²) in [6, 6.07) is 63.6. The van der Waals surface area contributed by atoms with Gasteiger partial charge in [0.25, 0.3) is 0 Å². The predicted octanol–water partition coefficient (Wildman–Crippen LogP) is 22.4. The number of nitriles is 1. The highest BCUT2D eigenvalue weighted by Crippen LogP contribution is 2.40. The number of ether oxygens (including phenoxy) is 3. The van der Waals surface area contributed by atoms with Crippen LogP contribution in [0.15, 0.2) is 287 Å². The molecule has 4 atom stereocenters. The van der Waals surface area contributed by atoms with Crippen molar-refractivity contribution in [1.29, 1.82) is 5.26 Å². The summed E-state index contributed by atoms with van der Waals surface area (Å²) in [7, 11) is -12.3. The Labute approximate surface area is 771 Å². The summed E-state index contributed by atoms with van der Waals surface area (Å²) >= 11 is 23.7. The monoisotopic (exact) mass is 1930 g/mol. The first-order valence-corrected chi connectivity index (χ1v) is 47.1. The number of carboxylic acids is 3. The molecule has 0 saturated carbocycles. The molecule has 22 nitrogen and oxygen atoms in total. The van der Waals surface area contributed by atoms with Crippen molar-refractivity contribution in [1.82, 2.24) is 17.2 Å². The average Bonchev–Trinajstić information content (AvgIpc) is 0.781. The molecule has 0 fully saturated rings. The van der Waals surface area contributed by atoms with Crippen LogP contribution in [0.25, 0.3) is 0 Å². The van der Waals surface area contributed by atoms with Crippen molar-refractivity contribution in [2.45, 2.75) is 123 Å². The van der Waals surface area contributed by atoms with E-state index in [0.717, 1.165) is 44.0 Å². The zero-order chi connectivity index (χ0) is 95.1. The molecule has 4 unspecified atom stereocenters. The van der Waals surface area contributed by atoms with Crippen LogP contribution in [0.4, 0.5) is 22.0 Å². The quantitative estimate of drug-likeness (QED) is 0.0316. The van der Waals surface area contributed by atoms with Crippen molar-refractivity contribution < 1.29 is 99.5 Å². The third kappa shape index (κ3) is 25.7. The van der Waals surface area contributed by atoms with Crippen LogP contribution in [0.2, 0.25) is 20.1 Å². The van der Waals surface area contributed by atoms with Gasteiger partial charge in [-0.25, -0.2) is 70.0 Å². The van der Waals surface area contributed by atoms with Gasteiger partial charge >= 0.3 is 17.9 Å². The van der Waals surface area contributed by atoms with E-state index in [-0.39, 0.29) is 115 Å². The number of rotatable bonds is 34. The second-order valence-corrected chi connectivity index (χ2v) is 38.1. The fourth-order valence-electron chi connectivity index (χ4n) is 14.2. The van der Waals surface area contributed by atoms with E-state index < -0.39 is 111 Å². The van der Waals surface area contributed by atoms with E-state index in [1.807, 2.05) is 80.6 Å². The molecule has 0 aromatic heterocycles. The number of benzene rings is 12. The third-order valence-electron chi connectivity index (χ3n) is 20.6. The molecule has 0 heterocycles. The molecule has 682 valence electrons. The summed E-state index contributed by atoms with van der Waals surface area (Å²) < 4.78 is 200. The zero-order valence-corrected chi connectivity index (χ0v) is 77.0. The molecule has 12 rings (SSSR count). The van der Waals surface area contributed by atoms with Gasteiger partial charge in [-0.3, -0.25) is 0 Å². The van der Waals surface area contributed by atoms with Gasteiger partial charge in [-0.2, -0.15) is 22.5 Å². The fraction of sp³-hybridized carbons (Fsp3) is 0.200. The van der Waals surface area contributed by atoms with Crippen LogP contribution in [0.5, 0.6) is 17.2 Å². The number of hydrogen-bond donors (Lipinski definition) is 3. The smallest absolute Gasteiger partial charge is 0.339 e. The van der Waals surface area contributed by atoms with Crippen LogP contribution in [0, 0.1) is 40.4 Å². The highest BCUT2D eigenvalue weighted by molar-refractivity contribution is 7.90. The Kier molecular flexibility index (Phi) is 36.3. The second-order valence-electron chi connectivity index (χ2n) is 28.8. The lowest BCUT2D eigenvalue weighted by molar-refractivity contribution is 0.0682. The first-order chi connectivity index (χ1) is 61.8. The minimum atomic E-state index is -4.22. The molecule has 0 aliphatic rings. The highest BCUT2D eigenvalue weighted by Gasteiger charge is 2.38. The van der Waals surface area contributed by atoms with Crippen LogP contribution in [-0.4, -0.2) is 105 Å². The maximum absolute atomic E-state index is 14.7. The lowest BCUT2D eigenvalue weighted by atomic mass is 10.0. The summed E-state index contributed by atoms with van der Waals surface area (Å²) in [5.41, 5.74) is 3.07. The molecule has 0 aliphatic heterocycles. The molecular formula is C95H88Cl4F5N5O17S4. The van der Waals surface area contributed by atoms with Crippen LogP contribution >= 0.6 is 46.4 Å². The molecule has 12 aromatic rings. The summed E-state index contributed by atoms with van der Waals surface area (Å²) in [4.78, 5) is 35.0. The van der Waals surface area contributed by atoms with Gasteiger partial charge in [-0.05, 0) is 223 Å². The Hall–Kier alpha value is -11.6. The van der Waals surface area contributed by atoms with Crippen molar-refractivity contribution in [3.8, 4) is 23.3 Å². The normalized spacial score (nSPS) is 12.5. The molecule has 0 radical (unpaired) electrons. The minimum Gasteiger partial charge on any atom is -0.496 e. The SMILES string of the molecule is CCC(c1cc(F)cc(F)c1)N(Cc1ccc(OC)c(C(=O)O)c1)S(=O)(=O)c1ccc(Cl)cc1.CCC(c1ccc(F)cc1F)N(Cc1ccc(OC)c(C(=O)O)c1)S(=O)(=O)c1ccc(Cl)cc1.CCC(c1ccccc1)N(Cc1ccc(C#N)cc1F)S(=O)(=O)c1ccc(Cl)cc1.CCC(c1ccccc1)N(Cc1ccc(OC)c(C(=O)O)c1)S(=O)(=O)c1ccc(Cl)cc1.